The number of fused-ring (bicyclic) bond motifs is 1. The number of benzene rings is 1. The Morgan fingerprint density at radius 2 is 2.15 bits per heavy atom. The minimum absolute atomic E-state index is 0.278. The monoisotopic (exact) mass is 268 g/mol. The summed E-state index contributed by atoms with van der Waals surface area (Å²) in [5, 5.41) is 16.3. The maximum Gasteiger partial charge on any atom is 0.336 e. The topological polar surface area (TPSA) is 79.5 Å². The van der Waals surface area contributed by atoms with Crippen LogP contribution in [0.2, 0.25) is 0 Å². The number of anilines is 2. The molecular weight excluding hydrogens is 256 g/mol. The van der Waals surface area contributed by atoms with Gasteiger partial charge < -0.3 is 10.4 Å². The zero-order chi connectivity index (χ0) is 14.1. The number of aromatic nitrogens is 3. The van der Waals surface area contributed by atoms with E-state index < -0.39 is 5.97 Å². The van der Waals surface area contributed by atoms with E-state index in [4.69, 9.17) is 5.11 Å². The molecule has 0 aliphatic carbocycles. The van der Waals surface area contributed by atoms with Crippen molar-refractivity contribution in [1.29, 1.82) is 0 Å². The number of nitrogens with zero attached hydrogens (tertiary/aromatic N) is 3. The summed E-state index contributed by atoms with van der Waals surface area (Å²) >= 11 is 0. The van der Waals surface area contributed by atoms with Gasteiger partial charge in [-0.25, -0.2) is 14.3 Å². The fourth-order valence-electron chi connectivity index (χ4n) is 1.96. The summed E-state index contributed by atoms with van der Waals surface area (Å²) in [7, 11) is 0. The molecule has 0 amide bonds. The molecule has 0 atom stereocenters. The van der Waals surface area contributed by atoms with Crippen LogP contribution in [0, 0.1) is 6.92 Å². The second kappa shape index (κ2) is 4.65. The number of nitrogens with one attached hydrogen (secondary N) is 1. The normalized spacial score (nSPS) is 10.7. The first-order valence-corrected chi connectivity index (χ1v) is 6.05. The van der Waals surface area contributed by atoms with Crippen molar-refractivity contribution in [3.05, 3.63) is 53.9 Å². The van der Waals surface area contributed by atoms with E-state index in [0.29, 0.717) is 11.5 Å². The Morgan fingerprint density at radius 3 is 2.95 bits per heavy atom. The van der Waals surface area contributed by atoms with E-state index in [9.17, 15) is 4.79 Å². The van der Waals surface area contributed by atoms with Gasteiger partial charge in [-0.05, 0) is 30.7 Å². The van der Waals surface area contributed by atoms with Crippen molar-refractivity contribution in [2.24, 2.45) is 0 Å². The predicted octanol–water partition coefficient (Wildman–Crippen LogP) is 2.48. The Bertz CT molecular complexity index is 795. The molecule has 6 heteroatoms. The Morgan fingerprint density at radius 1 is 1.30 bits per heavy atom. The molecule has 0 saturated carbocycles. The molecule has 2 heterocycles. The van der Waals surface area contributed by atoms with Crippen LogP contribution >= 0.6 is 0 Å². The van der Waals surface area contributed by atoms with Crippen molar-refractivity contribution in [2.45, 2.75) is 6.92 Å². The van der Waals surface area contributed by atoms with Gasteiger partial charge in [0.1, 0.15) is 5.82 Å². The molecule has 2 N–H and O–H groups in total. The van der Waals surface area contributed by atoms with E-state index in [1.807, 2.05) is 6.07 Å². The number of rotatable bonds is 3. The number of hydrogen-bond acceptors (Lipinski definition) is 4. The molecule has 3 aromatic rings. The van der Waals surface area contributed by atoms with E-state index in [-0.39, 0.29) is 5.56 Å². The van der Waals surface area contributed by atoms with Gasteiger partial charge in [-0.2, -0.15) is 5.10 Å². The van der Waals surface area contributed by atoms with E-state index in [1.165, 1.54) is 0 Å². The maximum atomic E-state index is 11.1. The van der Waals surface area contributed by atoms with E-state index in [2.05, 4.69) is 15.4 Å². The van der Waals surface area contributed by atoms with Crippen LogP contribution in [-0.4, -0.2) is 25.7 Å². The zero-order valence-electron chi connectivity index (χ0n) is 10.7. The molecule has 0 spiro atoms. The van der Waals surface area contributed by atoms with Gasteiger partial charge in [0.25, 0.3) is 0 Å². The van der Waals surface area contributed by atoms with Gasteiger partial charge in [0, 0.05) is 18.0 Å². The molecule has 0 fully saturated rings. The number of carboxylic acids is 1. The summed E-state index contributed by atoms with van der Waals surface area (Å²) in [5.41, 5.74) is 2.41. The summed E-state index contributed by atoms with van der Waals surface area (Å²) in [6.45, 7) is 1.77. The van der Waals surface area contributed by atoms with Crippen LogP contribution in [0.25, 0.3) is 5.65 Å². The number of aryl methyl sites for hydroxylation is 1. The number of hydrogen-bond donors (Lipinski definition) is 2. The number of carbonyl (C=O) groups is 1. The van der Waals surface area contributed by atoms with Gasteiger partial charge >= 0.3 is 5.97 Å². The minimum atomic E-state index is -0.939. The van der Waals surface area contributed by atoms with Crippen molar-refractivity contribution in [2.75, 3.05) is 5.32 Å². The molecule has 3 rings (SSSR count). The third-order valence-electron chi connectivity index (χ3n) is 3.00. The lowest BCUT2D eigenvalue weighted by Gasteiger charge is -2.08. The van der Waals surface area contributed by atoms with Crippen molar-refractivity contribution >= 4 is 23.1 Å². The number of aromatic carboxylic acids is 1. The lowest BCUT2D eigenvalue weighted by molar-refractivity contribution is 0.0696. The van der Waals surface area contributed by atoms with Crippen LogP contribution in [0.1, 0.15) is 15.9 Å². The summed E-state index contributed by atoms with van der Waals surface area (Å²) in [6, 6.07) is 8.76. The third-order valence-corrected chi connectivity index (χ3v) is 3.00. The summed E-state index contributed by atoms with van der Waals surface area (Å²) in [6.07, 6.45) is 3.46. The Balaban J connectivity index is 1.94. The molecule has 0 aliphatic rings. The standard InChI is InChI=1S/C14H12N4O2/c1-9-2-3-10(8-11(9)14(19)20)16-12-5-7-18-13(17-12)4-6-15-18/h2-8H,1H3,(H,16,17)(H,19,20). The van der Waals surface area contributed by atoms with Crippen LogP contribution in [0.3, 0.4) is 0 Å². The largest absolute Gasteiger partial charge is 0.478 e. The first-order chi connectivity index (χ1) is 9.63. The highest BCUT2D eigenvalue weighted by molar-refractivity contribution is 5.90. The molecule has 0 unspecified atom stereocenters. The summed E-state index contributed by atoms with van der Waals surface area (Å²) < 4.78 is 1.66. The zero-order valence-corrected chi connectivity index (χ0v) is 10.7. The van der Waals surface area contributed by atoms with Crippen LogP contribution in [0.4, 0.5) is 11.5 Å². The van der Waals surface area contributed by atoms with E-state index >= 15 is 0 Å². The molecule has 0 bridgehead atoms. The third kappa shape index (κ3) is 2.18. The molecular formula is C14H12N4O2. The molecule has 0 aliphatic heterocycles. The van der Waals surface area contributed by atoms with Gasteiger partial charge in [0.15, 0.2) is 5.65 Å². The predicted molar refractivity (Wildman–Crippen MR) is 74.4 cm³/mol. The van der Waals surface area contributed by atoms with Crippen LogP contribution in [-0.2, 0) is 0 Å². The first-order valence-electron chi connectivity index (χ1n) is 6.05. The van der Waals surface area contributed by atoms with Gasteiger partial charge in [-0.15, -0.1) is 0 Å². The highest BCUT2D eigenvalue weighted by atomic mass is 16.4. The Labute approximate surface area is 114 Å². The van der Waals surface area contributed by atoms with Crippen molar-refractivity contribution in [3.63, 3.8) is 0 Å². The SMILES string of the molecule is Cc1ccc(Nc2ccn3nccc3n2)cc1C(=O)O. The number of carboxylic acid groups (broad SMARTS) is 1. The van der Waals surface area contributed by atoms with Crippen LogP contribution < -0.4 is 5.32 Å². The molecule has 0 radical (unpaired) electrons. The van der Waals surface area contributed by atoms with Gasteiger partial charge in [-0.1, -0.05) is 6.07 Å². The molecule has 0 saturated heterocycles. The van der Waals surface area contributed by atoms with E-state index in [1.54, 1.807) is 48.1 Å². The van der Waals surface area contributed by atoms with Crippen molar-refractivity contribution < 1.29 is 9.90 Å². The second-order valence-electron chi connectivity index (χ2n) is 4.41. The Hall–Kier alpha value is -2.89. The van der Waals surface area contributed by atoms with Gasteiger partial charge in [-0.3, -0.25) is 0 Å². The van der Waals surface area contributed by atoms with E-state index in [0.717, 1.165) is 11.2 Å². The average Bonchev–Trinajstić information content (AvgIpc) is 2.88. The molecule has 20 heavy (non-hydrogen) atoms. The second-order valence-corrected chi connectivity index (χ2v) is 4.41. The van der Waals surface area contributed by atoms with Crippen LogP contribution in [0.15, 0.2) is 42.7 Å². The fraction of sp³-hybridized carbons (Fsp3) is 0.0714. The summed E-state index contributed by atoms with van der Waals surface area (Å²) in [5.74, 6) is -0.302. The van der Waals surface area contributed by atoms with Gasteiger partial charge in [0.05, 0.1) is 11.8 Å². The van der Waals surface area contributed by atoms with Crippen molar-refractivity contribution in [3.8, 4) is 0 Å². The van der Waals surface area contributed by atoms with Gasteiger partial charge in [0.2, 0.25) is 0 Å². The highest BCUT2D eigenvalue weighted by Gasteiger charge is 2.08. The smallest absolute Gasteiger partial charge is 0.336 e. The lowest BCUT2D eigenvalue weighted by Crippen LogP contribution is -2.02. The molecule has 2 aromatic heterocycles. The molecule has 6 nitrogen and oxygen atoms in total. The quantitative estimate of drug-likeness (QED) is 0.762. The van der Waals surface area contributed by atoms with Crippen LogP contribution in [0.5, 0.6) is 0 Å². The minimum Gasteiger partial charge on any atom is -0.478 e. The highest BCUT2D eigenvalue weighted by Crippen LogP contribution is 2.19. The van der Waals surface area contributed by atoms with Crippen molar-refractivity contribution in [1.82, 2.24) is 14.6 Å². The maximum absolute atomic E-state index is 11.1. The average molecular weight is 268 g/mol. The first kappa shape index (κ1) is 12.2. The summed E-state index contributed by atoms with van der Waals surface area (Å²) in [4.78, 5) is 15.5. The lowest BCUT2D eigenvalue weighted by atomic mass is 10.1. The molecule has 1 aromatic carbocycles. The Kier molecular flexibility index (Phi) is 2.83. The molecule has 100 valence electrons. The fourth-order valence-corrected chi connectivity index (χ4v) is 1.96.